The lowest BCUT2D eigenvalue weighted by Gasteiger charge is -2.15. The van der Waals surface area contributed by atoms with Crippen LogP contribution in [-0.2, 0) is 16.0 Å². The molecule has 6 heteroatoms. The van der Waals surface area contributed by atoms with Crippen LogP contribution in [0.1, 0.15) is 11.5 Å². The summed E-state index contributed by atoms with van der Waals surface area (Å²) in [6.07, 6.45) is 2.32. The lowest BCUT2D eigenvalue weighted by Crippen LogP contribution is -2.30. The summed E-state index contributed by atoms with van der Waals surface area (Å²) >= 11 is 0. The van der Waals surface area contributed by atoms with Crippen LogP contribution in [0.25, 0.3) is 0 Å². The van der Waals surface area contributed by atoms with Gasteiger partial charge in [0.05, 0.1) is 19.0 Å². The van der Waals surface area contributed by atoms with Crippen molar-refractivity contribution in [2.75, 3.05) is 6.61 Å². The Morgan fingerprint density at radius 3 is 3.00 bits per heavy atom. The number of carbonyl (C=O) groups is 1. The molecule has 0 aromatic carbocycles. The van der Waals surface area contributed by atoms with E-state index in [1.54, 1.807) is 6.20 Å². The van der Waals surface area contributed by atoms with Gasteiger partial charge >= 0.3 is 5.97 Å². The summed E-state index contributed by atoms with van der Waals surface area (Å²) in [5.74, 6) is -0.536. The average molecular weight is 238 g/mol. The Hall–Kier alpha value is -1.66. The number of nitrogens with zero attached hydrogens (tertiary/aromatic N) is 1. The molecule has 1 aromatic heterocycles. The molecule has 17 heavy (non-hydrogen) atoms. The Morgan fingerprint density at radius 1 is 1.65 bits per heavy atom. The molecule has 0 saturated carbocycles. The maximum absolute atomic E-state index is 11.4. The van der Waals surface area contributed by atoms with Crippen LogP contribution in [0, 0.1) is 12.8 Å². The highest BCUT2D eigenvalue weighted by atomic mass is 16.5. The summed E-state index contributed by atoms with van der Waals surface area (Å²) in [7, 11) is 0. The third-order valence-electron chi connectivity index (χ3n) is 2.70. The number of H-pyrrole nitrogens is 1. The molecule has 2 atom stereocenters. The second-order valence-corrected chi connectivity index (χ2v) is 4.03. The third kappa shape index (κ3) is 2.37. The lowest BCUT2D eigenvalue weighted by atomic mass is 9.93. The first-order valence-corrected chi connectivity index (χ1v) is 5.30. The summed E-state index contributed by atoms with van der Waals surface area (Å²) < 4.78 is 4.77. The van der Waals surface area contributed by atoms with Crippen LogP contribution in [-0.4, -0.2) is 38.9 Å². The third-order valence-corrected chi connectivity index (χ3v) is 2.70. The van der Waals surface area contributed by atoms with Gasteiger partial charge < -0.3 is 19.9 Å². The van der Waals surface area contributed by atoms with Crippen molar-refractivity contribution in [3.63, 3.8) is 0 Å². The minimum absolute atomic E-state index is 0.439. The van der Waals surface area contributed by atoms with Crippen LogP contribution in [0.3, 0.4) is 0 Å². The number of rotatable bonds is 4. The molecule has 1 aliphatic rings. The molecular weight excluding hydrogens is 224 g/mol. The van der Waals surface area contributed by atoms with E-state index in [0.29, 0.717) is 12.0 Å². The molecule has 2 heterocycles. The first-order chi connectivity index (χ1) is 8.11. The number of aliphatic hydroxyl groups excluding tert-OH is 2. The zero-order valence-electron chi connectivity index (χ0n) is 9.38. The number of imidazole rings is 1. The van der Waals surface area contributed by atoms with Gasteiger partial charge in [0.15, 0.2) is 0 Å². The van der Waals surface area contributed by atoms with Crippen LogP contribution < -0.4 is 0 Å². The van der Waals surface area contributed by atoms with Gasteiger partial charge in [-0.1, -0.05) is 0 Å². The van der Waals surface area contributed by atoms with E-state index in [0.717, 1.165) is 11.5 Å². The van der Waals surface area contributed by atoms with Gasteiger partial charge in [-0.15, -0.1) is 0 Å². The molecule has 6 nitrogen and oxygen atoms in total. The highest BCUT2D eigenvalue weighted by Gasteiger charge is 2.36. The Kier molecular flexibility index (Phi) is 3.26. The standard InChI is InChI=1S/C11H14N2O4/c1-6-12-3-8(13-6)2-7-5-17-11(16)10(7)9(15)4-14/h3,5,9-10,14-15H,2,4H2,1H3,(H,12,13)/t9-,10?/m1/s1. The highest BCUT2D eigenvalue weighted by molar-refractivity contribution is 5.79. The molecule has 0 saturated heterocycles. The molecule has 92 valence electrons. The maximum Gasteiger partial charge on any atom is 0.320 e. The number of hydrogen-bond donors (Lipinski definition) is 3. The van der Waals surface area contributed by atoms with Crippen molar-refractivity contribution in [1.82, 2.24) is 9.97 Å². The first-order valence-electron chi connectivity index (χ1n) is 5.30. The number of esters is 1. The van der Waals surface area contributed by atoms with Gasteiger partial charge in [-0.05, 0) is 12.5 Å². The van der Waals surface area contributed by atoms with Crippen molar-refractivity contribution in [2.45, 2.75) is 19.4 Å². The van der Waals surface area contributed by atoms with Crippen molar-refractivity contribution in [2.24, 2.45) is 5.92 Å². The number of cyclic esters (lactones) is 1. The zero-order valence-corrected chi connectivity index (χ0v) is 9.38. The monoisotopic (exact) mass is 238 g/mol. The van der Waals surface area contributed by atoms with E-state index in [9.17, 15) is 9.90 Å². The molecule has 0 amide bonds. The van der Waals surface area contributed by atoms with Crippen molar-refractivity contribution in [3.05, 3.63) is 29.6 Å². The SMILES string of the molecule is Cc1ncc(CC2=COC(=O)C2[C@H](O)CO)[nH]1. The Bertz CT molecular complexity index is 452. The Morgan fingerprint density at radius 2 is 2.41 bits per heavy atom. The van der Waals surface area contributed by atoms with Crippen LogP contribution in [0.5, 0.6) is 0 Å². The predicted octanol–water partition coefficient (Wildman–Crippen LogP) is -0.329. The fourth-order valence-electron chi connectivity index (χ4n) is 1.87. The molecule has 1 aromatic rings. The summed E-state index contributed by atoms with van der Waals surface area (Å²) in [6, 6.07) is 0. The second kappa shape index (κ2) is 4.68. The molecular formula is C11H14N2O4. The number of aromatic nitrogens is 2. The van der Waals surface area contributed by atoms with E-state index in [1.807, 2.05) is 6.92 Å². The van der Waals surface area contributed by atoms with E-state index < -0.39 is 24.6 Å². The Balaban J connectivity index is 2.12. The van der Waals surface area contributed by atoms with Crippen LogP contribution in [0.4, 0.5) is 0 Å². The minimum atomic E-state index is -1.12. The largest absolute Gasteiger partial charge is 0.434 e. The topological polar surface area (TPSA) is 95.4 Å². The van der Waals surface area contributed by atoms with Crippen molar-refractivity contribution >= 4 is 5.97 Å². The van der Waals surface area contributed by atoms with Gasteiger partial charge in [0.1, 0.15) is 11.7 Å². The maximum atomic E-state index is 11.4. The van der Waals surface area contributed by atoms with E-state index in [1.165, 1.54) is 6.26 Å². The fourth-order valence-corrected chi connectivity index (χ4v) is 1.87. The Labute approximate surface area is 97.9 Å². The zero-order chi connectivity index (χ0) is 12.4. The lowest BCUT2D eigenvalue weighted by molar-refractivity contribution is -0.142. The van der Waals surface area contributed by atoms with Gasteiger partial charge in [-0.25, -0.2) is 4.98 Å². The van der Waals surface area contributed by atoms with E-state index >= 15 is 0 Å². The smallest absolute Gasteiger partial charge is 0.320 e. The fraction of sp³-hybridized carbons (Fsp3) is 0.455. The summed E-state index contributed by atoms with van der Waals surface area (Å²) in [4.78, 5) is 18.5. The molecule has 1 unspecified atom stereocenters. The normalized spacial score (nSPS) is 21.2. The number of carbonyl (C=O) groups excluding carboxylic acids is 1. The first kappa shape index (κ1) is 11.8. The average Bonchev–Trinajstić information content (AvgIpc) is 2.86. The van der Waals surface area contributed by atoms with Crippen molar-refractivity contribution in [1.29, 1.82) is 0 Å². The quantitative estimate of drug-likeness (QED) is 0.624. The molecule has 0 bridgehead atoms. The summed E-state index contributed by atoms with van der Waals surface area (Å²) in [5, 5.41) is 18.5. The molecule has 0 spiro atoms. The number of aliphatic hydroxyl groups is 2. The molecule has 0 fully saturated rings. The molecule has 3 N–H and O–H groups in total. The van der Waals surface area contributed by atoms with Gasteiger partial charge in [-0.2, -0.15) is 0 Å². The van der Waals surface area contributed by atoms with E-state index in [2.05, 4.69) is 9.97 Å². The van der Waals surface area contributed by atoms with Gasteiger partial charge in [0.2, 0.25) is 0 Å². The number of nitrogens with one attached hydrogen (secondary N) is 1. The molecule has 0 aliphatic carbocycles. The number of ether oxygens (including phenoxy) is 1. The van der Waals surface area contributed by atoms with Crippen molar-refractivity contribution < 1.29 is 19.7 Å². The van der Waals surface area contributed by atoms with Crippen LogP contribution in [0.15, 0.2) is 18.0 Å². The number of aromatic amines is 1. The van der Waals surface area contributed by atoms with E-state index in [4.69, 9.17) is 9.84 Å². The molecule has 0 radical (unpaired) electrons. The number of aryl methyl sites for hydroxylation is 1. The summed E-state index contributed by atoms with van der Waals surface area (Å²) in [6.45, 7) is 1.35. The highest BCUT2D eigenvalue weighted by Crippen LogP contribution is 2.26. The van der Waals surface area contributed by atoms with Gasteiger partial charge in [0, 0.05) is 18.3 Å². The van der Waals surface area contributed by atoms with Gasteiger partial charge in [-0.3, -0.25) is 4.79 Å². The molecule has 1 aliphatic heterocycles. The number of hydrogen-bond acceptors (Lipinski definition) is 5. The molecule has 2 rings (SSSR count). The van der Waals surface area contributed by atoms with E-state index in [-0.39, 0.29) is 0 Å². The summed E-state index contributed by atoms with van der Waals surface area (Å²) in [5.41, 5.74) is 1.47. The predicted molar refractivity (Wildman–Crippen MR) is 57.8 cm³/mol. The second-order valence-electron chi connectivity index (χ2n) is 4.03. The van der Waals surface area contributed by atoms with Crippen LogP contribution in [0.2, 0.25) is 0 Å². The van der Waals surface area contributed by atoms with Gasteiger partial charge in [0.25, 0.3) is 0 Å². The van der Waals surface area contributed by atoms with Crippen molar-refractivity contribution in [3.8, 4) is 0 Å². The van der Waals surface area contributed by atoms with Crippen LogP contribution >= 0.6 is 0 Å². The minimum Gasteiger partial charge on any atom is -0.434 e.